The molecule has 1 saturated heterocycles. The molecule has 0 saturated carbocycles. The van der Waals surface area contributed by atoms with Gasteiger partial charge in [-0.05, 0) is 57.7 Å². The highest BCUT2D eigenvalue weighted by molar-refractivity contribution is 5.78. The average Bonchev–Trinajstić information content (AvgIpc) is 2.53. The lowest BCUT2D eigenvalue weighted by Gasteiger charge is -2.21. The zero-order valence-electron chi connectivity index (χ0n) is 13.6. The van der Waals surface area contributed by atoms with E-state index in [2.05, 4.69) is 15.5 Å². The van der Waals surface area contributed by atoms with Crippen LogP contribution in [0.25, 0.3) is 0 Å². The van der Waals surface area contributed by atoms with Crippen molar-refractivity contribution in [2.45, 2.75) is 19.4 Å². The van der Waals surface area contributed by atoms with E-state index in [1.165, 1.54) is 0 Å². The number of piperidine rings is 1. The maximum absolute atomic E-state index is 12.1. The van der Waals surface area contributed by atoms with Gasteiger partial charge in [0.2, 0.25) is 5.91 Å². The van der Waals surface area contributed by atoms with E-state index in [9.17, 15) is 4.79 Å². The molecule has 122 valence electrons. The maximum Gasteiger partial charge on any atom is 0.223 e. The Morgan fingerprint density at radius 1 is 1.36 bits per heavy atom. The van der Waals surface area contributed by atoms with Gasteiger partial charge in [-0.15, -0.1) is 0 Å². The molecule has 5 nitrogen and oxygen atoms in total. The topological polar surface area (TPSA) is 53.6 Å². The number of benzene rings is 1. The van der Waals surface area contributed by atoms with Crippen LogP contribution in [0, 0.1) is 5.92 Å². The molecule has 0 atom stereocenters. The fourth-order valence-corrected chi connectivity index (χ4v) is 2.51. The van der Waals surface area contributed by atoms with Gasteiger partial charge in [0.15, 0.2) is 0 Å². The fraction of sp³-hybridized carbons (Fsp3) is 0.588. The van der Waals surface area contributed by atoms with Gasteiger partial charge in [0, 0.05) is 19.0 Å². The summed E-state index contributed by atoms with van der Waals surface area (Å²) in [6.07, 6.45) is 1.86. The minimum Gasteiger partial charge on any atom is -0.492 e. The van der Waals surface area contributed by atoms with Crippen molar-refractivity contribution in [1.29, 1.82) is 0 Å². The van der Waals surface area contributed by atoms with Gasteiger partial charge in [0.25, 0.3) is 0 Å². The summed E-state index contributed by atoms with van der Waals surface area (Å²) in [7, 11) is 4.05. The lowest BCUT2D eigenvalue weighted by atomic mass is 9.97. The molecular weight excluding hydrogens is 278 g/mol. The van der Waals surface area contributed by atoms with E-state index in [4.69, 9.17) is 4.74 Å². The first-order valence-corrected chi connectivity index (χ1v) is 8.00. The number of ether oxygens (including phenoxy) is 1. The molecule has 0 unspecified atom stereocenters. The van der Waals surface area contributed by atoms with Crippen molar-refractivity contribution in [2.75, 3.05) is 40.3 Å². The number of rotatable bonds is 7. The van der Waals surface area contributed by atoms with Crippen LogP contribution in [0.4, 0.5) is 0 Å². The van der Waals surface area contributed by atoms with Gasteiger partial charge in [0.05, 0.1) is 0 Å². The Kier molecular flexibility index (Phi) is 6.68. The second-order valence-corrected chi connectivity index (χ2v) is 6.04. The summed E-state index contributed by atoms with van der Waals surface area (Å²) < 4.78 is 5.72. The van der Waals surface area contributed by atoms with E-state index in [1.54, 1.807) is 0 Å². The monoisotopic (exact) mass is 305 g/mol. The van der Waals surface area contributed by atoms with Crippen molar-refractivity contribution < 1.29 is 9.53 Å². The summed E-state index contributed by atoms with van der Waals surface area (Å²) in [4.78, 5) is 14.2. The number of nitrogens with zero attached hydrogens (tertiary/aromatic N) is 1. The molecule has 2 rings (SSSR count). The number of nitrogens with one attached hydrogen (secondary N) is 2. The molecule has 1 aliphatic heterocycles. The van der Waals surface area contributed by atoms with E-state index < -0.39 is 0 Å². The summed E-state index contributed by atoms with van der Waals surface area (Å²) in [5, 5.41) is 6.32. The van der Waals surface area contributed by atoms with Crippen molar-refractivity contribution >= 4 is 5.91 Å². The first-order chi connectivity index (χ1) is 10.6. The molecule has 0 spiro atoms. The molecule has 5 heteroatoms. The molecule has 0 aromatic heterocycles. The molecule has 0 bridgehead atoms. The minimum absolute atomic E-state index is 0.153. The van der Waals surface area contributed by atoms with Gasteiger partial charge in [-0.25, -0.2) is 0 Å². The summed E-state index contributed by atoms with van der Waals surface area (Å²) >= 11 is 0. The Morgan fingerprint density at radius 3 is 2.86 bits per heavy atom. The second kappa shape index (κ2) is 8.76. The number of likely N-dealkylation sites (N-methyl/N-ethyl adjacent to an activating group) is 1. The molecule has 0 aliphatic carbocycles. The molecule has 22 heavy (non-hydrogen) atoms. The van der Waals surface area contributed by atoms with Crippen LogP contribution in [0.15, 0.2) is 24.3 Å². The molecule has 0 radical (unpaired) electrons. The van der Waals surface area contributed by atoms with Crippen molar-refractivity contribution in [3.05, 3.63) is 29.8 Å². The molecular formula is C17H27N3O2. The van der Waals surface area contributed by atoms with Gasteiger partial charge in [0.1, 0.15) is 12.4 Å². The quantitative estimate of drug-likeness (QED) is 0.796. The third-order valence-electron chi connectivity index (χ3n) is 3.88. The second-order valence-electron chi connectivity index (χ2n) is 6.04. The Hall–Kier alpha value is -1.59. The van der Waals surface area contributed by atoms with Crippen molar-refractivity contribution in [3.8, 4) is 5.75 Å². The molecule has 1 fully saturated rings. The molecule has 1 heterocycles. The number of hydrogen-bond acceptors (Lipinski definition) is 4. The number of carbonyl (C=O) groups excluding carboxylic acids is 1. The normalized spacial score (nSPS) is 15.8. The van der Waals surface area contributed by atoms with Gasteiger partial charge < -0.3 is 20.3 Å². The Bertz CT molecular complexity index is 471. The predicted molar refractivity (Wildman–Crippen MR) is 87.9 cm³/mol. The summed E-state index contributed by atoms with van der Waals surface area (Å²) in [6, 6.07) is 7.94. The fourth-order valence-electron chi connectivity index (χ4n) is 2.51. The van der Waals surface area contributed by atoms with Crippen molar-refractivity contribution in [3.63, 3.8) is 0 Å². The first kappa shape index (κ1) is 16.8. The largest absolute Gasteiger partial charge is 0.492 e. The van der Waals surface area contributed by atoms with Crippen LogP contribution >= 0.6 is 0 Å². The lowest BCUT2D eigenvalue weighted by molar-refractivity contribution is -0.125. The number of hydrogen-bond donors (Lipinski definition) is 2. The molecule has 1 aromatic carbocycles. The number of amides is 1. The molecule has 1 aromatic rings. The standard InChI is InChI=1S/C17H27N3O2/c1-20(2)10-11-22-16-5-3-4-14(12-16)13-19-17(21)15-6-8-18-9-7-15/h3-5,12,15,18H,6-11,13H2,1-2H3,(H,19,21). The van der Waals surface area contributed by atoms with Crippen molar-refractivity contribution in [2.24, 2.45) is 5.92 Å². The van der Waals surface area contributed by atoms with Crippen LogP contribution in [0.2, 0.25) is 0 Å². The molecule has 2 N–H and O–H groups in total. The highest BCUT2D eigenvalue weighted by atomic mass is 16.5. The van der Waals surface area contributed by atoms with Gasteiger partial charge in [-0.1, -0.05) is 12.1 Å². The molecule has 1 aliphatic rings. The first-order valence-electron chi connectivity index (χ1n) is 8.00. The SMILES string of the molecule is CN(C)CCOc1cccc(CNC(=O)C2CCNCC2)c1. The van der Waals surface area contributed by atoms with Crippen LogP contribution in [0.1, 0.15) is 18.4 Å². The highest BCUT2D eigenvalue weighted by Crippen LogP contribution is 2.15. The summed E-state index contributed by atoms with van der Waals surface area (Å²) in [6.45, 7) is 3.99. The van der Waals surface area contributed by atoms with Crippen LogP contribution in [0.5, 0.6) is 5.75 Å². The Labute approximate surface area is 133 Å². The summed E-state index contributed by atoms with van der Waals surface area (Å²) in [5.74, 6) is 1.18. The van der Waals surface area contributed by atoms with E-state index in [1.807, 2.05) is 38.4 Å². The molecule has 1 amide bonds. The minimum atomic E-state index is 0.153. The van der Waals surface area contributed by atoms with Crippen LogP contribution < -0.4 is 15.4 Å². The maximum atomic E-state index is 12.1. The highest BCUT2D eigenvalue weighted by Gasteiger charge is 2.20. The third-order valence-corrected chi connectivity index (χ3v) is 3.88. The van der Waals surface area contributed by atoms with E-state index >= 15 is 0 Å². The van der Waals surface area contributed by atoms with Crippen molar-refractivity contribution in [1.82, 2.24) is 15.5 Å². The lowest BCUT2D eigenvalue weighted by Crippen LogP contribution is -2.37. The summed E-state index contributed by atoms with van der Waals surface area (Å²) in [5.41, 5.74) is 1.07. The van der Waals surface area contributed by atoms with E-state index in [0.29, 0.717) is 13.2 Å². The van der Waals surface area contributed by atoms with E-state index in [0.717, 1.165) is 43.8 Å². The Balaban J connectivity index is 1.78. The number of carbonyl (C=O) groups is 1. The smallest absolute Gasteiger partial charge is 0.223 e. The van der Waals surface area contributed by atoms with Crippen LogP contribution in [0.3, 0.4) is 0 Å². The van der Waals surface area contributed by atoms with Gasteiger partial charge in [-0.2, -0.15) is 0 Å². The van der Waals surface area contributed by atoms with Gasteiger partial charge >= 0.3 is 0 Å². The Morgan fingerprint density at radius 2 is 2.14 bits per heavy atom. The van der Waals surface area contributed by atoms with Crippen LogP contribution in [-0.2, 0) is 11.3 Å². The average molecular weight is 305 g/mol. The zero-order valence-corrected chi connectivity index (χ0v) is 13.6. The predicted octanol–water partition coefficient (Wildman–Crippen LogP) is 1.24. The third kappa shape index (κ3) is 5.66. The van der Waals surface area contributed by atoms with Crippen LogP contribution in [-0.4, -0.2) is 51.1 Å². The van der Waals surface area contributed by atoms with E-state index in [-0.39, 0.29) is 11.8 Å². The zero-order chi connectivity index (χ0) is 15.8. The van der Waals surface area contributed by atoms with Gasteiger partial charge in [-0.3, -0.25) is 4.79 Å².